The first-order valence-corrected chi connectivity index (χ1v) is 16.3. The van der Waals surface area contributed by atoms with Crippen molar-refractivity contribution < 1.29 is 0 Å². The number of hydrogen-bond acceptors (Lipinski definition) is 0. The van der Waals surface area contributed by atoms with E-state index >= 15 is 0 Å². The minimum atomic E-state index is 0.916. The minimum absolute atomic E-state index is 0.916. The fourth-order valence-corrected chi connectivity index (χ4v) is 7.34. The van der Waals surface area contributed by atoms with E-state index in [1.807, 2.05) is 0 Å². The molecule has 0 amide bonds. The maximum atomic E-state index is 2.39. The van der Waals surface area contributed by atoms with Crippen LogP contribution in [-0.4, -0.2) is 0 Å². The van der Waals surface area contributed by atoms with E-state index in [-0.39, 0.29) is 0 Å². The SMILES string of the molecule is CC(C)C1CC(C(C)C)C1.CC(C)C1CC(C2CC(C(C)C)C2)C1.CC(C)C1CCC(C(C)C)C1. The van der Waals surface area contributed by atoms with Crippen LogP contribution in [-0.2, 0) is 0 Å². The Morgan fingerprint density at radius 3 is 0.686 bits per heavy atom. The summed E-state index contributed by atoms with van der Waals surface area (Å²) in [7, 11) is 0. The number of rotatable bonds is 7. The molecule has 0 aromatic carbocycles. The van der Waals surface area contributed by atoms with Crippen LogP contribution in [0.15, 0.2) is 0 Å². The maximum Gasteiger partial charge on any atom is -0.0380 e. The Labute approximate surface area is 223 Å². The van der Waals surface area contributed by atoms with Crippen molar-refractivity contribution >= 4 is 0 Å². The third-order valence-electron chi connectivity index (χ3n) is 11.5. The van der Waals surface area contributed by atoms with Gasteiger partial charge in [0.1, 0.15) is 0 Å². The van der Waals surface area contributed by atoms with Gasteiger partial charge in [-0.3, -0.25) is 0 Å². The molecule has 35 heavy (non-hydrogen) atoms. The van der Waals surface area contributed by atoms with E-state index in [4.69, 9.17) is 0 Å². The molecule has 4 fully saturated rings. The van der Waals surface area contributed by atoms with Crippen molar-refractivity contribution in [1.29, 1.82) is 0 Å². The Hall–Kier alpha value is 0. The highest BCUT2D eigenvalue weighted by Crippen LogP contribution is 2.52. The highest BCUT2D eigenvalue weighted by atomic mass is 14.5. The van der Waals surface area contributed by atoms with Crippen LogP contribution >= 0.6 is 0 Å². The summed E-state index contributed by atoms with van der Waals surface area (Å²) in [5, 5.41) is 0. The van der Waals surface area contributed by atoms with E-state index in [1.165, 1.54) is 32.1 Å². The molecule has 0 bridgehead atoms. The Balaban J connectivity index is 0.000000189. The van der Waals surface area contributed by atoms with Gasteiger partial charge in [0.15, 0.2) is 0 Å². The van der Waals surface area contributed by atoms with Crippen molar-refractivity contribution in [2.24, 2.45) is 82.9 Å². The predicted octanol–water partition coefficient (Wildman–Crippen LogP) is 11.4. The minimum Gasteiger partial charge on any atom is -0.0625 e. The van der Waals surface area contributed by atoms with E-state index in [2.05, 4.69) is 83.1 Å². The van der Waals surface area contributed by atoms with Crippen molar-refractivity contribution in [1.82, 2.24) is 0 Å². The second-order valence-corrected chi connectivity index (χ2v) is 15.8. The molecule has 4 saturated carbocycles. The average Bonchev–Trinajstić information content (AvgIpc) is 3.11. The molecular weight excluding hydrogens is 420 g/mol. The molecule has 0 radical (unpaired) electrons. The van der Waals surface area contributed by atoms with E-state index < -0.39 is 0 Å². The molecule has 0 nitrogen and oxygen atoms in total. The van der Waals surface area contributed by atoms with E-state index in [0.717, 1.165) is 82.9 Å². The lowest BCUT2D eigenvalue weighted by Gasteiger charge is -2.50. The molecule has 208 valence electrons. The second-order valence-electron chi connectivity index (χ2n) is 15.8. The van der Waals surface area contributed by atoms with Crippen LogP contribution in [0.3, 0.4) is 0 Å². The Kier molecular flexibility index (Phi) is 12.7. The van der Waals surface area contributed by atoms with Gasteiger partial charge >= 0.3 is 0 Å². The van der Waals surface area contributed by atoms with Gasteiger partial charge in [0, 0.05) is 0 Å². The topological polar surface area (TPSA) is 0 Å². The Bertz CT molecular complexity index is 501. The molecule has 0 saturated heterocycles. The quantitative estimate of drug-likeness (QED) is 0.334. The summed E-state index contributed by atoms with van der Waals surface area (Å²) < 4.78 is 0. The zero-order chi connectivity index (χ0) is 26.4. The van der Waals surface area contributed by atoms with Gasteiger partial charge in [-0.25, -0.2) is 0 Å². The van der Waals surface area contributed by atoms with Gasteiger partial charge in [0.05, 0.1) is 0 Å². The number of hydrogen-bond donors (Lipinski definition) is 0. The summed E-state index contributed by atoms with van der Waals surface area (Å²) in [6, 6.07) is 0. The molecule has 0 aromatic heterocycles. The molecule has 0 N–H and O–H groups in total. The normalized spacial score (nSPS) is 36.5. The van der Waals surface area contributed by atoms with E-state index in [0.29, 0.717) is 0 Å². The van der Waals surface area contributed by atoms with Gasteiger partial charge in [-0.2, -0.15) is 0 Å². The Morgan fingerprint density at radius 2 is 0.486 bits per heavy atom. The molecular formula is C35H68. The smallest absolute Gasteiger partial charge is 0.0380 e. The van der Waals surface area contributed by atoms with Crippen LogP contribution in [0.25, 0.3) is 0 Å². The lowest BCUT2D eigenvalue weighted by Crippen LogP contribution is -2.40. The fourth-order valence-electron chi connectivity index (χ4n) is 7.34. The second kappa shape index (κ2) is 14.2. The third-order valence-corrected chi connectivity index (χ3v) is 11.5. The third kappa shape index (κ3) is 9.36. The lowest BCUT2D eigenvalue weighted by atomic mass is 9.56. The summed E-state index contributed by atoms with van der Waals surface area (Å²) in [4.78, 5) is 0. The van der Waals surface area contributed by atoms with E-state index in [1.54, 1.807) is 25.7 Å². The monoisotopic (exact) mass is 489 g/mol. The van der Waals surface area contributed by atoms with Gasteiger partial charge in [-0.15, -0.1) is 0 Å². The van der Waals surface area contributed by atoms with Crippen LogP contribution in [0.2, 0.25) is 0 Å². The highest BCUT2D eigenvalue weighted by molar-refractivity contribution is 4.93. The average molecular weight is 489 g/mol. The van der Waals surface area contributed by atoms with Gasteiger partial charge in [0.25, 0.3) is 0 Å². The van der Waals surface area contributed by atoms with Crippen LogP contribution in [0.1, 0.15) is 141 Å². The summed E-state index contributed by atoms with van der Waals surface area (Å²) >= 11 is 0. The van der Waals surface area contributed by atoms with Crippen molar-refractivity contribution in [3.8, 4) is 0 Å². The first kappa shape index (κ1) is 31.2. The fraction of sp³-hybridized carbons (Fsp3) is 1.00. The zero-order valence-electron chi connectivity index (χ0n) is 26.4. The van der Waals surface area contributed by atoms with Crippen LogP contribution in [0.5, 0.6) is 0 Å². The lowest BCUT2D eigenvalue weighted by molar-refractivity contribution is 0.00459. The summed E-state index contributed by atoms with van der Waals surface area (Å²) in [6.07, 6.45) is 13.7. The molecule has 0 aromatic rings. The van der Waals surface area contributed by atoms with Crippen molar-refractivity contribution in [3.05, 3.63) is 0 Å². The molecule has 2 unspecified atom stereocenters. The maximum absolute atomic E-state index is 2.39. The van der Waals surface area contributed by atoms with Gasteiger partial charge in [0.2, 0.25) is 0 Å². The van der Waals surface area contributed by atoms with Crippen molar-refractivity contribution in [3.63, 3.8) is 0 Å². The first-order chi connectivity index (χ1) is 16.3. The molecule has 0 heterocycles. The van der Waals surface area contributed by atoms with Crippen molar-refractivity contribution in [2.75, 3.05) is 0 Å². The molecule has 2 atom stereocenters. The van der Waals surface area contributed by atoms with E-state index in [9.17, 15) is 0 Å². The predicted molar refractivity (Wildman–Crippen MR) is 159 cm³/mol. The molecule has 4 aliphatic carbocycles. The van der Waals surface area contributed by atoms with Crippen LogP contribution < -0.4 is 0 Å². The summed E-state index contributed by atoms with van der Waals surface area (Å²) in [5.41, 5.74) is 0. The van der Waals surface area contributed by atoms with Gasteiger partial charge in [-0.1, -0.05) is 83.1 Å². The van der Waals surface area contributed by atoms with Crippen LogP contribution in [0, 0.1) is 82.9 Å². The molecule has 4 aliphatic rings. The standard InChI is InChI=1S/C14H26.C11H22.C10H20/c1-9(2)11-5-13(6-11)14-7-12(8-14)10(3)4;1-8(2)10-5-6-11(7-10)9(3)4;1-7(2)9-5-10(6-9)8(3)4/h9-14H,5-8H2,1-4H3;8-11H,5-7H2,1-4H3;7-10H,5-6H2,1-4H3. The molecule has 0 spiro atoms. The molecule has 0 aliphatic heterocycles. The zero-order valence-corrected chi connectivity index (χ0v) is 26.4. The summed E-state index contributed by atoms with van der Waals surface area (Å²) in [6.45, 7) is 28.4. The molecule has 4 rings (SSSR count). The Morgan fingerprint density at radius 1 is 0.286 bits per heavy atom. The summed E-state index contributed by atoms with van der Waals surface area (Å²) in [5.74, 6) is 14.1. The highest BCUT2D eigenvalue weighted by Gasteiger charge is 2.42. The largest absolute Gasteiger partial charge is 0.0625 e. The first-order valence-electron chi connectivity index (χ1n) is 16.3. The van der Waals surface area contributed by atoms with Crippen molar-refractivity contribution in [2.45, 2.75) is 141 Å². The van der Waals surface area contributed by atoms with Gasteiger partial charge in [-0.05, 0) is 141 Å². The van der Waals surface area contributed by atoms with Crippen LogP contribution in [0.4, 0.5) is 0 Å². The van der Waals surface area contributed by atoms with Gasteiger partial charge < -0.3 is 0 Å². The molecule has 0 heteroatoms.